The molecule has 18 heteroatoms. The molecular formula is C51H58N10O6S2. The van der Waals surface area contributed by atoms with Crippen molar-refractivity contribution in [2.24, 2.45) is 17.3 Å². The number of nitrogens with zero attached hydrogens (tertiary/aromatic N) is 8. The predicted octanol–water partition coefficient (Wildman–Crippen LogP) is 7.21. The van der Waals surface area contributed by atoms with E-state index in [9.17, 15) is 9.59 Å². The van der Waals surface area contributed by atoms with Gasteiger partial charge in [0.15, 0.2) is 0 Å². The topological polar surface area (TPSA) is 179 Å². The van der Waals surface area contributed by atoms with Gasteiger partial charge in [-0.15, -0.1) is 22.7 Å². The van der Waals surface area contributed by atoms with E-state index in [1.54, 1.807) is 18.8 Å². The van der Waals surface area contributed by atoms with Gasteiger partial charge in [0.1, 0.15) is 29.5 Å². The summed E-state index contributed by atoms with van der Waals surface area (Å²) in [5.74, 6) is -1.75. The van der Waals surface area contributed by atoms with Crippen LogP contribution in [0.15, 0.2) is 71.4 Å². The van der Waals surface area contributed by atoms with Crippen LogP contribution in [0, 0.1) is 17.3 Å². The quantitative estimate of drug-likeness (QED) is 0.125. The molecule has 5 aliphatic rings. The minimum atomic E-state index is -1.22. The van der Waals surface area contributed by atoms with E-state index >= 15 is 4.79 Å². The number of hydrazine groups is 1. The van der Waals surface area contributed by atoms with Crippen LogP contribution in [0.4, 0.5) is 0 Å². The number of carbonyl (C=O) groups excluding carboxylic acids is 3. The van der Waals surface area contributed by atoms with Crippen LogP contribution in [0.1, 0.15) is 105 Å². The van der Waals surface area contributed by atoms with Crippen molar-refractivity contribution < 1.29 is 28.6 Å². The summed E-state index contributed by atoms with van der Waals surface area (Å²) in [6.45, 7) is 10.8. The number of hydrogen-bond donors (Lipinski definition) is 2. The fourth-order valence-corrected chi connectivity index (χ4v) is 12.1. The number of thiazole rings is 2. The highest BCUT2D eigenvalue weighted by Gasteiger charge is 2.54. The van der Waals surface area contributed by atoms with Crippen molar-refractivity contribution in [3.05, 3.63) is 99.0 Å². The zero-order chi connectivity index (χ0) is 47.6. The number of esters is 1. The van der Waals surface area contributed by atoms with Gasteiger partial charge in [0.2, 0.25) is 5.91 Å². The average Bonchev–Trinajstić information content (AvgIpc) is 4.10. The maximum absolute atomic E-state index is 15.1. The second-order valence-corrected chi connectivity index (χ2v) is 21.8. The van der Waals surface area contributed by atoms with Crippen LogP contribution in [0.3, 0.4) is 0 Å². The van der Waals surface area contributed by atoms with Gasteiger partial charge in [-0.05, 0) is 80.8 Å². The van der Waals surface area contributed by atoms with E-state index in [0.717, 1.165) is 63.5 Å². The highest BCUT2D eigenvalue weighted by atomic mass is 32.1. The minimum absolute atomic E-state index is 0.0173. The van der Waals surface area contributed by atoms with Gasteiger partial charge in [0, 0.05) is 101 Å². The lowest BCUT2D eigenvalue weighted by Gasteiger charge is -2.42. The molecule has 6 aromatic rings. The van der Waals surface area contributed by atoms with Crippen LogP contribution < -0.4 is 10.7 Å². The lowest BCUT2D eigenvalue weighted by molar-refractivity contribution is -0.157. The summed E-state index contributed by atoms with van der Waals surface area (Å²) in [7, 11) is 1.72. The van der Waals surface area contributed by atoms with Gasteiger partial charge in [-0.2, -0.15) is 0 Å². The third-order valence-electron chi connectivity index (χ3n) is 14.7. The van der Waals surface area contributed by atoms with E-state index in [-0.39, 0.29) is 43.1 Å². The van der Waals surface area contributed by atoms with Crippen molar-refractivity contribution in [2.75, 3.05) is 33.4 Å². The van der Waals surface area contributed by atoms with Crippen molar-refractivity contribution in [2.45, 2.75) is 109 Å². The van der Waals surface area contributed by atoms with Crippen LogP contribution in [-0.4, -0.2) is 109 Å². The van der Waals surface area contributed by atoms with Crippen molar-refractivity contribution in [3.8, 4) is 22.5 Å². The molecule has 2 aliphatic carbocycles. The normalized spacial score (nSPS) is 25.7. The summed E-state index contributed by atoms with van der Waals surface area (Å²) in [4.78, 5) is 69.6. The maximum Gasteiger partial charge on any atom is 0.324 e. The number of nitrogens with one attached hydrogen (secondary N) is 2. The molecule has 7 atom stereocenters. The fraction of sp³-hybridized carbons (Fsp3) is 0.490. The summed E-state index contributed by atoms with van der Waals surface area (Å²) in [6.07, 6.45) is 7.81. The van der Waals surface area contributed by atoms with Crippen LogP contribution >= 0.6 is 22.7 Å². The number of pyridine rings is 1. The Morgan fingerprint density at radius 2 is 1.91 bits per heavy atom. The summed E-state index contributed by atoms with van der Waals surface area (Å²) >= 11 is 2.83. The molecule has 360 valence electrons. The number of methoxy groups -OCH3 is 1. The fourth-order valence-electron chi connectivity index (χ4n) is 10.7. The Morgan fingerprint density at radius 1 is 1.06 bits per heavy atom. The first-order valence-electron chi connectivity index (χ1n) is 24.1. The molecular weight excluding hydrogens is 913 g/mol. The van der Waals surface area contributed by atoms with Crippen molar-refractivity contribution in [3.63, 3.8) is 0 Å². The Morgan fingerprint density at radius 3 is 2.68 bits per heavy atom. The van der Waals surface area contributed by atoms with Crippen molar-refractivity contribution >= 4 is 51.4 Å². The number of aromatic nitrogens is 6. The summed E-state index contributed by atoms with van der Waals surface area (Å²) in [6, 6.07) is 11.4. The first kappa shape index (κ1) is 45.9. The number of amides is 2. The predicted molar refractivity (Wildman–Crippen MR) is 261 cm³/mol. The van der Waals surface area contributed by atoms with Gasteiger partial charge in [-0.3, -0.25) is 29.3 Å². The van der Waals surface area contributed by atoms with E-state index in [0.29, 0.717) is 42.6 Å². The highest BCUT2D eigenvalue weighted by Crippen LogP contribution is 2.53. The molecule has 16 nitrogen and oxygen atoms in total. The number of likely N-dealkylation sites (tertiary alicyclic amines) is 1. The lowest BCUT2D eigenvalue weighted by Crippen LogP contribution is -2.61. The maximum atomic E-state index is 15.1. The van der Waals surface area contributed by atoms with E-state index in [1.165, 1.54) is 46.9 Å². The number of hydrogen-bond acceptors (Lipinski definition) is 15. The Labute approximate surface area is 409 Å². The molecule has 3 aliphatic heterocycles. The Kier molecular flexibility index (Phi) is 12.4. The standard InChI is InChI=1S/C51H58N10O6S2/c1-28-41(37-14-16-52-26-54-37)42(28)47(62)57-44-46(66-22-31-23-68-27-55-31)48-56-39(24-69-48)30-10-13-40-35(18-30)36(19-51(3,4)25-67-50(64)38-9-7-17-60(58-38)49(44)63)45(34-8-6-15-53-43(34)29(2)65-5)61(40)33-20-59(21-33)32-11-12-32/h6,8,10,13-16,18,23-24,26-29,32-33,38,41-42,44,46,58H,7,9,11-12,17,19-22,25H2,1-5H3,(H,57,62)/t28-,29-,38-,41-,42+,44-,46-/m0/s1. The molecule has 8 heterocycles. The second-order valence-electron chi connectivity index (χ2n) is 20.2. The van der Waals surface area contributed by atoms with Gasteiger partial charge in [-0.25, -0.2) is 25.4 Å². The summed E-state index contributed by atoms with van der Waals surface area (Å²) in [5, 5.41) is 10.1. The first-order valence-corrected chi connectivity index (χ1v) is 25.9. The van der Waals surface area contributed by atoms with Crippen LogP contribution in [0.5, 0.6) is 0 Å². The molecule has 69 heavy (non-hydrogen) atoms. The molecule has 2 N–H and O–H groups in total. The van der Waals surface area contributed by atoms with Crippen molar-refractivity contribution in [1.29, 1.82) is 0 Å². The number of ether oxygens (including phenoxy) is 3. The first-order chi connectivity index (χ1) is 33.5. The Hall–Kier alpha value is -5.50. The van der Waals surface area contributed by atoms with Crippen LogP contribution in [0.2, 0.25) is 0 Å². The highest BCUT2D eigenvalue weighted by molar-refractivity contribution is 7.10. The van der Waals surface area contributed by atoms with Crippen LogP contribution in [-0.2, 0) is 41.6 Å². The molecule has 2 saturated heterocycles. The molecule has 6 bridgehead atoms. The lowest BCUT2D eigenvalue weighted by atomic mass is 9.84. The van der Waals surface area contributed by atoms with E-state index < -0.39 is 41.4 Å². The number of fused-ring (bicyclic) bond motifs is 6. The molecule has 2 amide bonds. The van der Waals surface area contributed by atoms with Gasteiger partial charge < -0.3 is 24.1 Å². The second kappa shape index (κ2) is 18.7. The molecule has 0 spiro atoms. The zero-order valence-corrected chi connectivity index (χ0v) is 41.2. The number of cyclic esters (lactones) is 1. The number of carbonyl (C=O) groups is 3. The van der Waals surface area contributed by atoms with E-state index in [2.05, 4.69) is 73.3 Å². The molecule has 11 rings (SSSR count). The minimum Gasteiger partial charge on any atom is -0.464 e. The zero-order valence-electron chi connectivity index (χ0n) is 39.5. The molecule has 2 saturated carbocycles. The SMILES string of the molecule is CO[C@@H](C)c1ncccc1-c1c2c3cc(ccc3n1C1CN(C3CC3)C1)-c1csc(n1)[C@@H](OCc1cscn1)[C@H](NC(=O)[C@@H]1[C@@H](C)[C@H]1c1ccncn1)C(=O)N1CCC[C@H](N1)C(=O)OCC(C)(C)C2. The molecule has 1 aromatic carbocycles. The monoisotopic (exact) mass is 970 g/mol. The molecule has 5 aromatic heterocycles. The van der Waals surface area contributed by atoms with Gasteiger partial charge in [-0.1, -0.05) is 26.8 Å². The summed E-state index contributed by atoms with van der Waals surface area (Å²) in [5.41, 5.74) is 12.8. The van der Waals surface area contributed by atoms with Gasteiger partial charge in [0.25, 0.3) is 5.91 Å². The van der Waals surface area contributed by atoms with E-state index in [1.807, 2.05) is 42.9 Å². The Balaban J connectivity index is 1.05. The average molecular weight is 971 g/mol. The smallest absolute Gasteiger partial charge is 0.324 e. The number of benzene rings is 1. The van der Waals surface area contributed by atoms with Gasteiger partial charge >= 0.3 is 5.97 Å². The Bertz CT molecular complexity index is 2860. The third-order valence-corrected chi connectivity index (χ3v) is 16.2. The molecule has 0 unspecified atom stereocenters. The molecule has 0 radical (unpaired) electrons. The largest absolute Gasteiger partial charge is 0.464 e. The van der Waals surface area contributed by atoms with Gasteiger partial charge in [0.05, 0.1) is 53.6 Å². The molecule has 4 fully saturated rings. The van der Waals surface area contributed by atoms with Crippen molar-refractivity contribution in [1.82, 2.24) is 50.1 Å². The van der Waals surface area contributed by atoms with E-state index in [4.69, 9.17) is 24.2 Å². The van der Waals surface area contributed by atoms with Crippen LogP contribution in [0.25, 0.3) is 33.4 Å². The third kappa shape index (κ3) is 8.99. The summed E-state index contributed by atoms with van der Waals surface area (Å²) < 4.78 is 21.4. The number of rotatable bonds is 11.